The molecule has 0 bridgehead atoms. The van der Waals surface area contributed by atoms with Crippen molar-refractivity contribution in [1.82, 2.24) is 25.3 Å². The Kier molecular flexibility index (Phi) is 3.11. The Bertz CT molecular complexity index is 722. The highest BCUT2D eigenvalue weighted by molar-refractivity contribution is 6.03. The van der Waals surface area contributed by atoms with Gasteiger partial charge in [-0.3, -0.25) is 4.79 Å². The third kappa shape index (κ3) is 2.16. The zero-order chi connectivity index (χ0) is 15.2. The van der Waals surface area contributed by atoms with E-state index >= 15 is 0 Å². The van der Waals surface area contributed by atoms with Gasteiger partial charge in [0.05, 0.1) is 11.2 Å². The highest BCUT2D eigenvalue weighted by Gasteiger charge is 2.42. The predicted molar refractivity (Wildman–Crippen MR) is 79.3 cm³/mol. The van der Waals surface area contributed by atoms with Crippen LogP contribution in [0.5, 0.6) is 0 Å². The SMILES string of the molecule is Cn1nnc2c(C(=O)NC3CCOC4(CCC4)C3)ccnc21. The molecule has 1 N–H and O–H groups in total. The van der Waals surface area contributed by atoms with Crippen LogP contribution >= 0.6 is 0 Å². The lowest BCUT2D eigenvalue weighted by molar-refractivity contribution is -0.134. The van der Waals surface area contributed by atoms with Gasteiger partial charge in [0, 0.05) is 25.9 Å². The monoisotopic (exact) mass is 301 g/mol. The lowest BCUT2D eigenvalue weighted by Crippen LogP contribution is -2.52. The molecule has 2 aromatic rings. The molecule has 2 aromatic heterocycles. The van der Waals surface area contributed by atoms with Crippen LogP contribution in [0.3, 0.4) is 0 Å². The van der Waals surface area contributed by atoms with Gasteiger partial charge < -0.3 is 10.1 Å². The Morgan fingerprint density at radius 2 is 2.36 bits per heavy atom. The number of amides is 1. The van der Waals surface area contributed by atoms with E-state index < -0.39 is 0 Å². The van der Waals surface area contributed by atoms with Gasteiger partial charge in [-0.2, -0.15) is 0 Å². The lowest BCUT2D eigenvalue weighted by atomic mass is 9.74. The summed E-state index contributed by atoms with van der Waals surface area (Å²) in [5.41, 5.74) is 1.73. The Morgan fingerprint density at radius 1 is 1.50 bits per heavy atom. The highest BCUT2D eigenvalue weighted by atomic mass is 16.5. The summed E-state index contributed by atoms with van der Waals surface area (Å²) in [6.45, 7) is 0.724. The van der Waals surface area contributed by atoms with Crippen molar-refractivity contribution in [2.45, 2.75) is 43.7 Å². The van der Waals surface area contributed by atoms with Crippen molar-refractivity contribution >= 4 is 17.1 Å². The topological polar surface area (TPSA) is 81.9 Å². The maximum absolute atomic E-state index is 12.6. The fourth-order valence-electron chi connectivity index (χ4n) is 3.45. The summed E-state index contributed by atoms with van der Waals surface area (Å²) in [7, 11) is 1.77. The van der Waals surface area contributed by atoms with Crippen molar-refractivity contribution in [3.63, 3.8) is 0 Å². The van der Waals surface area contributed by atoms with Crippen LogP contribution < -0.4 is 5.32 Å². The zero-order valence-corrected chi connectivity index (χ0v) is 12.6. The minimum Gasteiger partial charge on any atom is -0.375 e. The quantitative estimate of drug-likeness (QED) is 0.901. The van der Waals surface area contributed by atoms with Crippen molar-refractivity contribution in [2.24, 2.45) is 7.05 Å². The van der Waals surface area contributed by atoms with E-state index in [1.165, 1.54) is 6.42 Å². The molecule has 0 aromatic carbocycles. The molecule has 7 heteroatoms. The molecule has 1 spiro atoms. The minimum absolute atomic E-state index is 0.0241. The number of hydrogen-bond donors (Lipinski definition) is 1. The Morgan fingerprint density at radius 3 is 3.14 bits per heavy atom. The van der Waals surface area contributed by atoms with Crippen LogP contribution in [0.4, 0.5) is 0 Å². The number of pyridine rings is 1. The Labute approximate surface area is 128 Å². The van der Waals surface area contributed by atoms with E-state index in [-0.39, 0.29) is 17.6 Å². The van der Waals surface area contributed by atoms with Crippen LogP contribution in [0.15, 0.2) is 12.3 Å². The van der Waals surface area contributed by atoms with E-state index in [1.54, 1.807) is 24.0 Å². The summed E-state index contributed by atoms with van der Waals surface area (Å²) >= 11 is 0. The standard InChI is InChI=1S/C15H19N5O2/c1-20-13-12(18-19-20)11(3-7-16-13)14(21)17-10-4-8-22-15(9-10)5-2-6-15/h3,7,10H,2,4-6,8-9H2,1H3,(H,17,21). The van der Waals surface area contributed by atoms with Gasteiger partial charge in [-0.25, -0.2) is 9.67 Å². The first kappa shape index (κ1) is 13.6. The van der Waals surface area contributed by atoms with Crippen LogP contribution in [-0.4, -0.2) is 44.1 Å². The molecule has 1 aliphatic heterocycles. The predicted octanol–water partition coefficient (Wildman–Crippen LogP) is 1.19. The van der Waals surface area contributed by atoms with Crippen LogP contribution in [-0.2, 0) is 11.8 Å². The molecule has 1 saturated heterocycles. The first-order valence-corrected chi connectivity index (χ1v) is 7.76. The van der Waals surface area contributed by atoms with Gasteiger partial charge in [-0.1, -0.05) is 5.21 Å². The molecule has 1 atom stereocenters. The molecule has 7 nitrogen and oxygen atoms in total. The van der Waals surface area contributed by atoms with E-state index in [2.05, 4.69) is 20.6 Å². The number of nitrogens with one attached hydrogen (secondary N) is 1. The normalized spacial score (nSPS) is 23.4. The third-order valence-electron chi connectivity index (χ3n) is 4.83. The van der Waals surface area contributed by atoms with Crippen molar-refractivity contribution < 1.29 is 9.53 Å². The van der Waals surface area contributed by atoms with E-state index in [1.807, 2.05) is 0 Å². The average molecular weight is 301 g/mol. The van der Waals surface area contributed by atoms with Gasteiger partial charge in [-0.15, -0.1) is 5.10 Å². The van der Waals surface area contributed by atoms with Gasteiger partial charge in [0.15, 0.2) is 5.65 Å². The number of hydrogen-bond acceptors (Lipinski definition) is 5. The summed E-state index contributed by atoms with van der Waals surface area (Å²) in [6, 6.07) is 1.87. The number of fused-ring (bicyclic) bond motifs is 1. The summed E-state index contributed by atoms with van der Waals surface area (Å²) in [4.78, 5) is 16.8. The molecular formula is C15H19N5O2. The molecule has 2 fully saturated rings. The van der Waals surface area contributed by atoms with E-state index in [9.17, 15) is 4.79 Å². The Hall–Kier alpha value is -2.02. The number of carbonyl (C=O) groups excluding carboxylic acids is 1. The number of ether oxygens (including phenoxy) is 1. The molecule has 1 unspecified atom stereocenters. The smallest absolute Gasteiger partial charge is 0.253 e. The fraction of sp³-hybridized carbons (Fsp3) is 0.600. The van der Waals surface area contributed by atoms with Crippen molar-refractivity contribution in [3.05, 3.63) is 17.8 Å². The maximum atomic E-state index is 12.6. The molecule has 4 rings (SSSR count). The Balaban J connectivity index is 1.54. The van der Waals surface area contributed by atoms with Gasteiger partial charge in [0.1, 0.15) is 5.52 Å². The summed E-state index contributed by atoms with van der Waals surface area (Å²) < 4.78 is 7.48. The molecular weight excluding hydrogens is 282 g/mol. The first-order chi connectivity index (χ1) is 10.7. The number of rotatable bonds is 2. The second-order valence-corrected chi connectivity index (χ2v) is 6.29. The molecule has 22 heavy (non-hydrogen) atoms. The second-order valence-electron chi connectivity index (χ2n) is 6.29. The molecule has 116 valence electrons. The third-order valence-corrected chi connectivity index (χ3v) is 4.83. The van der Waals surface area contributed by atoms with Crippen LogP contribution in [0.2, 0.25) is 0 Å². The largest absolute Gasteiger partial charge is 0.375 e. The minimum atomic E-state index is -0.103. The van der Waals surface area contributed by atoms with Crippen LogP contribution in [0, 0.1) is 0 Å². The average Bonchev–Trinajstić information content (AvgIpc) is 2.87. The molecule has 1 amide bonds. The lowest BCUT2D eigenvalue weighted by Gasteiger charge is -2.47. The molecule has 3 heterocycles. The number of carbonyl (C=O) groups is 1. The van der Waals surface area contributed by atoms with E-state index in [4.69, 9.17) is 4.74 Å². The van der Waals surface area contributed by atoms with Gasteiger partial charge in [0.25, 0.3) is 5.91 Å². The first-order valence-electron chi connectivity index (χ1n) is 7.76. The van der Waals surface area contributed by atoms with Crippen LogP contribution in [0.1, 0.15) is 42.5 Å². The van der Waals surface area contributed by atoms with Gasteiger partial charge >= 0.3 is 0 Å². The van der Waals surface area contributed by atoms with Crippen molar-refractivity contribution in [1.29, 1.82) is 0 Å². The number of aromatic nitrogens is 4. The highest BCUT2D eigenvalue weighted by Crippen LogP contribution is 2.42. The molecule has 1 aliphatic carbocycles. The molecule has 1 saturated carbocycles. The van der Waals surface area contributed by atoms with Gasteiger partial charge in [-0.05, 0) is 38.2 Å². The van der Waals surface area contributed by atoms with Gasteiger partial charge in [0.2, 0.25) is 0 Å². The summed E-state index contributed by atoms with van der Waals surface area (Å²) in [6.07, 6.45) is 6.85. The van der Waals surface area contributed by atoms with E-state index in [0.29, 0.717) is 16.7 Å². The molecule has 2 aliphatic rings. The number of nitrogens with zero attached hydrogens (tertiary/aromatic N) is 4. The fourth-order valence-corrected chi connectivity index (χ4v) is 3.45. The van der Waals surface area contributed by atoms with Crippen molar-refractivity contribution in [2.75, 3.05) is 6.61 Å². The zero-order valence-electron chi connectivity index (χ0n) is 12.6. The maximum Gasteiger partial charge on any atom is 0.253 e. The van der Waals surface area contributed by atoms with Crippen molar-refractivity contribution in [3.8, 4) is 0 Å². The molecule has 0 radical (unpaired) electrons. The van der Waals surface area contributed by atoms with E-state index in [0.717, 1.165) is 32.3 Å². The summed E-state index contributed by atoms with van der Waals surface area (Å²) in [5, 5.41) is 11.1. The summed E-state index contributed by atoms with van der Waals surface area (Å²) in [5.74, 6) is -0.103. The number of aryl methyl sites for hydroxylation is 1. The second kappa shape index (κ2) is 5.01. The van der Waals surface area contributed by atoms with Crippen LogP contribution in [0.25, 0.3) is 11.2 Å².